The number of benzene rings is 1. The Kier molecular flexibility index (Phi) is 6.50. The van der Waals surface area contributed by atoms with Crippen molar-refractivity contribution in [2.45, 2.75) is 31.6 Å². The fourth-order valence-electron chi connectivity index (χ4n) is 2.52. The first-order chi connectivity index (χ1) is 11.9. The highest BCUT2D eigenvalue weighted by Crippen LogP contribution is 2.23. The van der Waals surface area contributed by atoms with E-state index in [1.807, 2.05) is 32.8 Å². The second-order valence-corrected chi connectivity index (χ2v) is 8.03. The summed E-state index contributed by atoms with van der Waals surface area (Å²) in [6.45, 7) is 5.05. The fourth-order valence-corrected chi connectivity index (χ4v) is 4.14. The normalized spacial score (nSPS) is 11.7. The third-order valence-electron chi connectivity index (χ3n) is 3.81. The summed E-state index contributed by atoms with van der Waals surface area (Å²) in [7, 11) is 0.317. The molecule has 0 amide bonds. The van der Waals surface area contributed by atoms with Gasteiger partial charge < -0.3 is 4.90 Å². The van der Waals surface area contributed by atoms with Gasteiger partial charge in [-0.25, -0.2) is 18.4 Å². The van der Waals surface area contributed by atoms with Crippen LogP contribution in [0.15, 0.2) is 41.6 Å². The first-order valence-corrected chi connectivity index (χ1v) is 9.94. The van der Waals surface area contributed by atoms with Crippen molar-refractivity contribution in [3.05, 3.63) is 36.7 Å². The van der Waals surface area contributed by atoms with E-state index in [2.05, 4.69) is 9.97 Å². The molecule has 1 aromatic carbocycles. The number of anilines is 1. The Morgan fingerprint density at radius 3 is 1.84 bits per heavy atom. The van der Waals surface area contributed by atoms with Crippen LogP contribution in [0.4, 0.5) is 5.95 Å². The molecule has 2 aromatic rings. The van der Waals surface area contributed by atoms with Gasteiger partial charge in [0.05, 0.1) is 4.90 Å². The van der Waals surface area contributed by atoms with Crippen LogP contribution in [-0.2, 0) is 10.0 Å². The molecule has 7 heteroatoms. The molecule has 25 heavy (non-hydrogen) atoms. The van der Waals surface area contributed by atoms with Crippen LogP contribution >= 0.6 is 0 Å². The van der Waals surface area contributed by atoms with Crippen molar-refractivity contribution in [2.24, 2.45) is 0 Å². The molecule has 0 saturated heterocycles. The summed E-state index contributed by atoms with van der Waals surface area (Å²) in [4.78, 5) is 10.7. The van der Waals surface area contributed by atoms with Crippen molar-refractivity contribution in [3.8, 4) is 11.1 Å². The van der Waals surface area contributed by atoms with Crippen molar-refractivity contribution >= 4 is 16.0 Å². The zero-order chi connectivity index (χ0) is 18.4. The van der Waals surface area contributed by atoms with Crippen LogP contribution in [0, 0.1) is 0 Å². The Morgan fingerprint density at radius 2 is 1.40 bits per heavy atom. The highest BCUT2D eigenvalue weighted by molar-refractivity contribution is 7.89. The van der Waals surface area contributed by atoms with Gasteiger partial charge in [0.15, 0.2) is 0 Å². The maximum Gasteiger partial charge on any atom is 0.243 e. The highest BCUT2D eigenvalue weighted by Gasteiger charge is 2.22. The van der Waals surface area contributed by atoms with Crippen LogP contribution in [0.1, 0.15) is 26.7 Å². The summed E-state index contributed by atoms with van der Waals surface area (Å²) in [6, 6.07) is 6.92. The zero-order valence-electron chi connectivity index (χ0n) is 15.3. The van der Waals surface area contributed by atoms with Gasteiger partial charge >= 0.3 is 0 Å². The molecule has 0 unspecified atom stereocenters. The maximum absolute atomic E-state index is 12.8. The molecule has 0 aliphatic heterocycles. The Bertz CT molecular complexity index is 766. The second kappa shape index (κ2) is 8.40. The van der Waals surface area contributed by atoms with Gasteiger partial charge in [-0.15, -0.1) is 0 Å². The Morgan fingerprint density at radius 1 is 0.880 bits per heavy atom. The van der Waals surface area contributed by atoms with Crippen molar-refractivity contribution in [1.29, 1.82) is 0 Å². The molecule has 136 valence electrons. The Balaban J connectivity index is 2.26. The number of rotatable bonds is 8. The molecule has 0 radical (unpaired) electrons. The number of sulfonamides is 1. The molecule has 1 heterocycles. The van der Waals surface area contributed by atoms with Crippen LogP contribution in [0.25, 0.3) is 11.1 Å². The maximum atomic E-state index is 12.8. The number of aromatic nitrogens is 2. The number of nitrogens with zero attached hydrogens (tertiary/aromatic N) is 4. The minimum Gasteiger partial charge on any atom is -0.347 e. The van der Waals surface area contributed by atoms with Gasteiger partial charge in [-0.05, 0) is 30.5 Å². The molecule has 6 nitrogen and oxygen atoms in total. The Hall–Kier alpha value is -1.99. The van der Waals surface area contributed by atoms with Gasteiger partial charge in [0, 0.05) is 45.1 Å². The summed E-state index contributed by atoms with van der Waals surface area (Å²) >= 11 is 0. The van der Waals surface area contributed by atoms with E-state index in [1.165, 1.54) is 0 Å². The van der Waals surface area contributed by atoms with Crippen molar-refractivity contribution in [1.82, 2.24) is 14.3 Å². The molecule has 1 aromatic heterocycles. The summed E-state index contributed by atoms with van der Waals surface area (Å²) in [5.74, 6) is 0.637. The molecule has 0 N–H and O–H groups in total. The van der Waals surface area contributed by atoms with Crippen LogP contribution in [-0.4, -0.2) is 49.9 Å². The first kappa shape index (κ1) is 19.3. The van der Waals surface area contributed by atoms with Crippen LogP contribution in [0.2, 0.25) is 0 Å². The first-order valence-electron chi connectivity index (χ1n) is 8.50. The minimum absolute atomic E-state index is 0.323. The lowest BCUT2D eigenvalue weighted by Crippen LogP contribution is -2.32. The van der Waals surface area contributed by atoms with E-state index in [9.17, 15) is 8.42 Å². The van der Waals surface area contributed by atoms with Crippen molar-refractivity contribution in [3.63, 3.8) is 0 Å². The van der Waals surface area contributed by atoms with E-state index in [4.69, 9.17) is 0 Å². The lowest BCUT2D eigenvalue weighted by atomic mass is 10.1. The minimum atomic E-state index is -3.45. The summed E-state index contributed by atoms with van der Waals surface area (Å²) < 4.78 is 27.1. The second-order valence-electron chi connectivity index (χ2n) is 6.09. The predicted octanol–water partition coefficient (Wildman–Crippen LogP) is 3.02. The lowest BCUT2D eigenvalue weighted by molar-refractivity contribution is 0.410. The number of hydrogen-bond donors (Lipinski definition) is 0. The van der Waals surface area contributed by atoms with E-state index in [0.717, 1.165) is 24.0 Å². The van der Waals surface area contributed by atoms with Gasteiger partial charge in [0.25, 0.3) is 0 Å². The lowest BCUT2D eigenvalue weighted by Gasteiger charge is -2.21. The Labute approximate surface area is 150 Å². The topological polar surface area (TPSA) is 66.4 Å². The van der Waals surface area contributed by atoms with E-state index < -0.39 is 10.0 Å². The molecular weight excluding hydrogens is 336 g/mol. The summed E-state index contributed by atoms with van der Waals surface area (Å²) in [5.41, 5.74) is 1.75. The molecule has 0 saturated carbocycles. The molecule has 2 rings (SSSR count). The highest BCUT2D eigenvalue weighted by atomic mass is 32.2. The molecule has 0 aliphatic carbocycles. The zero-order valence-corrected chi connectivity index (χ0v) is 16.1. The summed E-state index contributed by atoms with van der Waals surface area (Å²) in [5, 5.41) is 0. The van der Waals surface area contributed by atoms with E-state index in [-0.39, 0.29) is 0 Å². The van der Waals surface area contributed by atoms with Gasteiger partial charge in [-0.2, -0.15) is 4.31 Å². The molecule has 0 bridgehead atoms. The van der Waals surface area contributed by atoms with Gasteiger partial charge in [0.2, 0.25) is 16.0 Å². The van der Waals surface area contributed by atoms with Gasteiger partial charge in [-0.3, -0.25) is 0 Å². The number of hydrogen-bond acceptors (Lipinski definition) is 5. The standard InChI is InChI=1S/C18H26N4O2S/c1-5-11-22(12-6-2)25(23,24)17-9-7-15(8-10-17)16-13-19-18(20-14-16)21(3)4/h7-10,13-14H,5-6,11-12H2,1-4H3. The van der Waals surface area contributed by atoms with Gasteiger partial charge in [-0.1, -0.05) is 26.0 Å². The molecule has 0 fully saturated rings. The average Bonchev–Trinajstić information content (AvgIpc) is 2.61. The van der Waals surface area contributed by atoms with Crippen LogP contribution < -0.4 is 4.90 Å². The fraction of sp³-hybridized carbons (Fsp3) is 0.444. The SMILES string of the molecule is CCCN(CCC)S(=O)(=O)c1ccc(-c2cnc(N(C)C)nc2)cc1. The van der Waals surface area contributed by atoms with Gasteiger partial charge in [0.1, 0.15) is 0 Å². The quantitative estimate of drug-likeness (QED) is 0.722. The van der Waals surface area contributed by atoms with Crippen molar-refractivity contribution < 1.29 is 8.42 Å². The third-order valence-corrected chi connectivity index (χ3v) is 5.72. The molecule has 0 spiro atoms. The third kappa shape index (κ3) is 4.55. The van der Waals surface area contributed by atoms with E-state index in [0.29, 0.717) is 23.9 Å². The molecule has 0 atom stereocenters. The molecule has 0 aliphatic rings. The van der Waals surface area contributed by atoms with E-state index >= 15 is 0 Å². The predicted molar refractivity (Wildman–Crippen MR) is 101 cm³/mol. The monoisotopic (exact) mass is 362 g/mol. The van der Waals surface area contributed by atoms with Crippen molar-refractivity contribution in [2.75, 3.05) is 32.1 Å². The molecular formula is C18H26N4O2S. The van der Waals surface area contributed by atoms with Crippen LogP contribution in [0.3, 0.4) is 0 Å². The smallest absolute Gasteiger partial charge is 0.243 e. The largest absolute Gasteiger partial charge is 0.347 e. The summed E-state index contributed by atoms with van der Waals surface area (Å²) in [6.07, 6.45) is 5.08. The average molecular weight is 362 g/mol. The van der Waals surface area contributed by atoms with Crippen LogP contribution in [0.5, 0.6) is 0 Å². The van der Waals surface area contributed by atoms with E-state index in [1.54, 1.807) is 41.0 Å².